The summed E-state index contributed by atoms with van der Waals surface area (Å²) in [6, 6.07) is 0. The van der Waals surface area contributed by atoms with Crippen molar-refractivity contribution in [2.45, 2.75) is 82.8 Å². The van der Waals surface area contributed by atoms with Crippen LogP contribution in [0, 0.1) is 58.7 Å². The number of rotatable bonds is 4. The Morgan fingerprint density at radius 3 is 2.56 bits per heavy atom. The smallest absolute Gasteiger partial charge is 0.178 e. The van der Waals surface area contributed by atoms with Crippen LogP contribution in [0.15, 0.2) is 17.3 Å². The summed E-state index contributed by atoms with van der Waals surface area (Å²) in [6.45, 7) is 6.94. The van der Waals surface area contributed by atoms with Crippen molar-refractivity contribution >= 4 is 15.6 Å². The minimum Gasteiger partial charge on any atom is -0.390 e. The average molecular weight is 489 g/mol. The van der Waals surface area contributed by atoms with Crippen molar-refractivity contribution in [1.29, 1.82) is 0 Å². The maximum atomic E-state index is 13.7. The van der Waals surface area contributed by atoms with Crippen LogP contribution in [-0.2, 0) is 21.2 Å². The number of carbonyl (C=O) groups excluding carboxylic acids is 1. The lowest BCUT2D eigenvalue weighted by atomic mass is 9.47. The highest BCUT2D eigenvalue weighted by Gasteiger charge is 2.73. The standard InChI is InChI=1S/C27H40N2O4S/c1-15-22-23(15)25(21(30)14-29-13-17(12-28-29)34(4,32)33)27(3)10-8-19-18-7-9-26(2,31)11-16(18)5-6-20(19)24(22)27/h12-13,15-16,18-20,22-25,31H,5-11,14H2,1-4H3/t15-,16+,18-,19+,20+,22?,23-,24+,25-,26+,27-/m0/s1. The summed E-state index contributed by atoms with van der Waals surface area (Å²) >= 11 is 0. The molecule has 1 unspecified atom stereocenters. The molecular weight excluding hydrogens is 448 g/mol. The van der Waals surface area contributed by atoms with Crippen LogP contribution in [0.5, 0.6) is 0 Å². The van der Waals surface area contributed by atoms with Gasteiger partial charge in [0.15, 0.2) is 15.6 Å². The van der Waals surface area contributed by atoms with Crippen LogP contribution in [0.25, 0.3) is 0 Å². The van der Waals surface area contributed by atoms with E-state index >= 15 is 0 Å². The maximum absolute atomic E-state index is 13.7. The first kappa shape index (κ1) is 23.2. The Bertz CT molecular complexity index is 1110. The molecule has 5 aliphatic rings. The molecule has 188 valence electrons. The number of Topliss-reactive ketones (excluding diaryl/α,β-unsaturated/α-hetero) is 1. The van der Waals surface area contributed by atoms with Gasteiger partial charge in [-0.25, -0.2) is 8.42 Å². The second-order valence-electron chi connectivity index (χ2n) is 13.2. The van der Waals surface area contributed by atoms with E-state index < -0.39 is 15.4 Å². The average Bonchev–Trinajstić information content (AvgIpc) is 3.10. The number of ketones is 1. The fourth-order valence-electron chi connectivity index (χ4n) is 9.97. The number of aromatic nitrogens is 2. The Morgan fingerprint density at radius 1 is 1.12 bits per heavy atom. The third-order valence-corrected chi connectivity index (χ3v) is 12.3. The number of sulfone groups is 1. The van der Waals surface area contributed by atoms with Crippen LogP contribution in [0.1, 0.15) is 65.7 Å². The number of carbonyl (C=O) groups is 1. The van der Waals surface area contributed by atoms with Gasteiger partial charge in [0, 0.05) is 18.4 Å². The van der Waals surface area contributed by atoms with Crippen LogP contribution in [0.2, 0.25) is 0 Å². The quantitative estimate of drug-likeness (QED) is 0.693. The normalized spacial score (nSPS) is 49.5. The summed E-state index contributed by atoms with van der Waals surface area (Å²) in [7, 11) is -3.32. The van der Waals surface area contributed by atoms with E-state index in [0.717, 1.165) is 43.4 Å². The number of hydrogen-bond acceptors (Lipinski definition) is 5. The highest BCUT2D eigenvalue weighted by atomic mass is 32.2. The molecule has 6 rings (SSSR count). The van der Waals surface area contributed by atoms with Crippen LogP contribution in [-0.4, -0.2) is 40.9 Å². The zero-order valence-electron chi connectivity index (χ0n) is 21.0. The van der Waals surface area contributed by atoms with Gasteiger partial charge in [-0.1, -0.05) is 13.8 Å². The minimum atomic E-state index is -3.32. The van der Waals surface area contributed by atoms with E-state index in [1.54, 1.807) is 0 Å². The molecule has 0 radical (unpaired) electrons. The molecule has 34 heavy (non-hydrogen) atoms. The Balaban J connectivity index is 1.24. The third-order valence-electron chi connectivity index (χ3n) is 11.3. The number of aliphatic hydroxyl groups is 1. The first-order valence-corrected chi connectivity index (χ1v) is 15.3. The third kappa shape index (κ3) is 3.39. The lowest BCUT2D eigenvalue weighted by Crippen LogP contribution is -2.52. The van der Waals surface area contributed by atoms with E-state index in [2.05, 4.69) is 18.9 Å². The van der Waals surface area contributed by atoms with E-state index in [9.17, 15) is 18.3 Å². The van der Waals surface area contributed by atoms with Crippen molar-refractivity contribution in [2.24, 2.45) is 58.7 Å². The lowest BCUT2D eigenvalue weighted by Gasteiger charge is -2.58. The van der Waals surface area contributed by atoms with Crippen molar-refractivity contribution in [3.8, 4) is 0 Å². The van der Waals surface area contributed by atoms with E-state index in [1.807, 2.05) is 6.92 Å². The molecule has 0 spiro atoms. The highest BCUT2D eigenvalue weighted by molar-refractivity contribution is 7.90. The molecule has 5 fully saturated rings. The Kier molecular flexibility index (Phi) is 5.05. The van der Waals surface area contributed by atoms with Crippen LogP contribution in [0.4, 0.5) is 0 Å². The van der Waals surface area contributed by atoms with Gasteiger partial charge >= 0.3 is 0 Å². The molecule has 7 heteroatoms. The zero-order valence-corrected chi connectivity index (χ0v) is 21.8. The van der Waals surface area contributed by atoms with Gasteiger partial charge in [-0.05, 0) is 105 Å². The molecule has 1 N–H and O–H groups in total. The molecule has 1 heterocycles. The summed E-state index contributed by atoms with van der Waals surface area (Å²) in [5.41, 5.74) is -0.429. The van der Waals surface area contributed by atoms with Gasteiger partial charge in [-0.2, -0.15) is 5.10 Å². The van der Waals surface area contributed by atoms with E-state index in [-0.39, 0.29) is 28.6 Å². The largest absolute Gasteiger partial charge is 0.390 e. The Labute approximate surface area is 203 Å². The molecule has 0 aliphatic heterocycles. The van der Waals surface area contributed by atoms with Gasteiger partial charge in [-0.15, -0.1) is 0 Å². The number of hydrogen-bond donors (Lipinski definition) is 1. The summed E-state index contributed by atoms with van der Waals surface area (Å²) < 4.78 is 25.2. The van der Waals surface area contributed by atoms with E-state index in [4.69, 9.17) is 0 Å². The van der Waals surface area contributed by atoms with E-state index in [1.165, 1.54) is 42.6 Å². The van der Waals surface area contributed by atoms with Gasteiger partial charge in [0.2, 0.25) is 0 Å². The van der Waals surface area contributed by atoms with Crippen molar-refractivity contribution in [2.75, 3.05) is 6.26 Å². The van der Waals surface area contributed by atoms with Crippen LogP contribution >= 0.6 is 0 Å². The van der Waals surface area contributed by atoms with Gasteiger partial charge < -0.3 is 5.11 Å². The van der Waals surface area contributed by atoms with Crippen molar-refractivity contribution < 1.29 is 18.3 Å². The van der Waals surface area contributed by atoms with Crippen LogP contribution in [0.3, 0.4) is 0 Å². The lowest BCUT2D eigenvalue weighted by molar-refractivity contribution is -0.137. The molecule has 1 aromatic heterocycles. The van der Waals surface area contributed by atoms with Crippen molar-refractivity contribution in [3.63, 3.8) is 0 Å². The monoisotopic (exact) mass is 488 g/mol. The Hall–Kier alpha value is -1.21. The maximum Gasteiger partial charge on any atom is 0.178 e. The summed E-state index contributed by atoms with van der Waals surface area (Å²) in [5, 5.41) is 14.9. The first-order chi connectivity index (χ1) is 15.9. The SMILES string of the molecule is C[C@H]1C2[C@H]1[C@H](C(=O)Cn1cc(S(C)(=O)=O)cn1)[C@@]1(C)CC[C@H]3[C@@H](CC[C@@H]4C[C@](C)(O)CC[C@@H]43)[C@H]21. The Morgan fingerprint density at radius 2 is 1.85 bits per heavy atom. The minimum absolute atomic E-state index is 0.0555. The molecule has 0 saturated heterocycles. The molecule has 11 atom stereocenters. The predicted molar refractivity (Wildman–Crippen MR) is 128 cm³/mol. The zero-order chi connectivity index (χ0) is 24.2. The van der Waals surface area contributed by atoms with Gasteiger partial charge in [0.1, 0.15) is 4.90 Å². The molecule has 0 bridgehead atoms. The summed E-state index contributed by atoms with van der Waals surface area (Å²) in [6.07, 6.45) is 11.9. The summed E-state index contributed by atoms with van der Waals surface area (Å²) in [4.78, 5) is 13.9. The molecule has 6 nitrogen and oxygen atoms in total. The second kappa shape index (κ2) is 7.41. The van der Waals surface area contributed by atoms with E-state index in [0.29, 0.717) is 29.6 Å². The highest BCUT2D eigenvalue weighted by Crippen LogP contribution is 2.76. The van der Waals surface area contributed by atoms with Crippen molar-refractivity contribution in [3.05, 3.63) is 12.4 Å². The molecule has 1 aromatic rings. The topological polar surface area (TPSA) is 89.3 Å². The van der Waals surface area contributed by atoms with Gasteiger partial charge in [0.25, 0.3) is 0 Å². The van der Waals surface area contributed by atoms with Gasteiger partial charge in [-0.3, -0.25) is 9.48 Å². The predicted octanol–water partition coefficient (Wildman–Crippen LogP) is 3.98. The van der Waals surface area contributed by atoms with Crippen LogP contribution < -0.4 is 0 Å². The fourth-order valence-corrected chi connectivity index (χ4v) is 10.5. The van der Waals surface area contributed by atoms with Gasteiger partial charge in [0.05, 0.1) is 18.3 Å². The number of nitrogens with zero attached hydrogens (tertiary/aromatic N) is 2. The summed E-state index contributed by atoms with van der Waals surface area (Å²) in [5.74, 6) is 5.61. The second-order valence-corrected chi connectivity index (χ2v) is 15.3. The fraction of sp³-hybridized carbons (Fsp3) is 0.852. The first-order valence-electron chi connectivity index (χ1n) is 13.4. The molecule has 5 saturated carbocycles. The molecule has 5 aliphatic carbocycles. The van der Waals surface area contributed by atoms with Crippen molar-refractivity contribution in [1.82, 2.24) is 9.78 Å². The number of fused-ring (bicyclic) bond motifs is 7. The molecule has 0 amide bonds. The molecule has 0 aromatic carbocycles. The molecular formula is C27H40N2O4S.